The Kier molecular flexibility index (Phi) is 6.11. The van der Waals surface area contributed by atoms with Crippen molar-refractivity contribution in [3.8, 4) is 11.5 Å². The van der Waals surface area contributed by atoms with E-state index >= 15 is 0 Å². The lowest BCUT2D eigenvalue weighted by atomic mass is 10.0. The van der Waals surface area contributed by atoms with Crippen LogP contribution in [0, 0.1) is 0 Å². The summed E-state index contributed by atoms with van der Waals surface area (Å²) >= 11 is 6.72. The molecule has 9 heteroatoms. The van der Waals surface area contributed by atoms with Crippen LogP contribution in [0.25, 0.3) is 0 Å². The second-order valence-electron chi connectivity index (χ2n) is 9.32. The first-order valence-corrected chi connectivity index (χ1v) is 12.5. The van der Waals surface area contributed by atoms with Crippen molar-refractivity contribution in [3.63, 3.8) is 0 Å². The third-order valence-electron chi connectivity index (χ3n) is 7.33. The van der Waals surface area contributed by atoms with Crippen molar-refractivity contribution >= 4 is 11.6 Å². The molecule has 0 radical (unpaired) electrons. The molecular weight excluding hydrogens is 452 g/mol. The van der Waals surface area contributed by atoms with Gasteiger partial charge in [0.05, 0.1) is 12.6 Å². The van der Waals surface area contributed by atoms with Crippen molar-refractivity contribution in [3.05, 3.63) is 64.4 Å². The molecule has 1 aromatic heterocycles. The molecule has 0 spiro atoms. The first-order valence-electron chi connectivity index (χ1n) is 12.1. The molecule has 3 aliphatic rings. The van der Waals surface area contributed by atoms with Crippen molar-refractivity contribution in [2.75, 3.05) is 33.0 Å². The van der Waals surface area contributed by atoms with E-state index in [2.05, 4.69) is 31.4 Å². The average Bonchev–Trinajstić information content (AvgIpc) is 3.64. The van der Waals surface area contributed by atoms with E-state index in [0.29, 0.717) is 6.54 Å². The smallest absolute Gasteiger partial charge is 0.231 e. The molecule has 6 rings (SSSR count). The number of ether oxygens (including phenoxy) is 2. The highest BCUT2D eigenvalue weighted by Crippen LogP contribution is 2.35. The van der Waals surface area contributed by atoms with E-state index in [9.17, 15) is 0 Å². The monoisotopic (exact) mass is 480 g/mol. The minimum atomic E-state index is -0.108. The average molecular weight is 481 g/mol. The minimum absolute atomic E-state index is 0.108. The molecule has 0 bridgehead atoms. The van der Waals surface area contributed by atoms with Gasteiger partial charge in [0.1, 0.15) is 0 Å². The van der Waals surface area contributed by atoms with Gasteiger partial charge in [0, 0.05) is 37.2 Å². The topological polar surface area (TPSA) is 68.5 Å². The van der Waals surface area contributed by atoms with Crippen LogP contribution in [0.15, 0.2) is 42.5 Å². The Labute approximate surface area is 204 Å². The second-order valence-corrected chi connectivity index (χ2v) is 9.72. The summed E-state index contributed by atoms with van der Waals surface area (Å²) < 4.78 is 12.9. The van der Waals surface area contributed by atoms with Gasteiger partial charge in [-0.25, -0.2) is 4.68 Å². The summed E-state index contributed by atoms with van der Waals surface area (Å²) in [5.74, 6) is 2.34. The third-order valence-corrected chi connectivity index (χ3v) is 7.67. The molecule has 3 heterocycles. The maximum absolute atomic E-state index is 6.72. The fourth-order valence-corrected chi connectivity index (χ4v) is 5.80. The summed E-state index contributed by atoms with van der Waals surface area (Å²) in [5, 5.41) is 13.7. The van der Waals surface area contributed by atoms with Gasteiger partial charge in [0.2, 0.25) is 6.79 Å². The van der Waals surface area contributed by atoms with Gasteiger partial charge in [0.15, 0.2) is 17.3 Å². The lowest BCUT2D eigenvalue weighted by molar-refractivity contribution is 0.0771. The largest absolute Gasteiger partial charge is 0.454 e. The molecule has 3 aromatic rings. The molecule has 0 amide bonds. The van der Waals surface area contributed by atoms with Crippen LogP contribution in [-0.4, -0.2) is 69.0 Å². The predicted molar refractivity (Wildman–Crippen MR) is 128 cm³/mol. The molecule has 2 fully saturated rings. The standard InChI is InChI=1S/C25H29ClN6O2/c26-21-8-4-3-7-20(21)24(31-13-11-30(12-14-31)19-5-1-2-6-19)25-27-28-29-32(25)16-18-9-10-22-23(15-18)34-17-33-22/h3-4,7-10,15,19,24H,1-2,5-6,11-14,16-17H2/t24-/m1/s1. The number of nitrogens with zero attached hydrogens (tertiary/aromatic N) is 6. The maximum Gasteiger partial charge on any atom is 0.231 e. The van der Waals surface area contributed by atoms with E-state index in [4.69, 9.17) is 21.1 Å². The third kappa shape index (κ3) is 4.26. The van der Waals surface area contributed by atoms with Gasteiger partial charge in [-0.1, -0.05) is 48.7 Å². The number of halogens is 1. The zero-order chi connectivity index (χ0) is 22.9. The van der Waals surface area contributed by atoms with Crippen LogP contribution in [0.5, 0.6) is 11.5 Å². The number of hydrogen-bond donors (Lipinski definition) is 0. The van der Waals surface area contributed by atoms with Crippen LogP contribution in [0.4, 0.5) is 0 Å². The summed E-state index contributed by atoms with van der Waals surface area (Å²) in [4.78, 5) is 5.15. The Morgan fingerprint density at radius 1 is 0.971 bits per heavy atom. The summed E-state index contributed by atoms with van der Waals surface area (Å²) in [6.07, 6.45) is 5.40. The Bertz CT molecular complexity index is 1140. The molecule has 178 valence electrons. The number of rotatable bonds is 6. The van der Waals surface area contributed by atoms with Gasteiger partial charge in [0.25, 0.3) is 0 Å². The van der Waals surface area contributed by atoms with Crippen molar-refractivity contribution in [2.24, 2.45) is 0 Å². The Morgan fingerprint density at radius 2 is 1.76 bits per heavy atom. The number of tetrazole rings is 1. The quantitative estimate of drug-likeness (QED) is 0.532. The van der Waals surface area contributed by atoms with E-state index in [1.807, 2.05) is 41.1 Å². The van der Waals surface area contributed by atoms with E-state index in [1.54, 1.807) is 0 Å². The summed E-state index contributed by atoms with van der Waals surface area (Å²) in [7, 11) is 0. The fourth-order valence-electron chi connectivity index (χ4n) is 5.56. The molecule has 2 aromatic carbocycles. The van der Waals surface area contributed by atoms with Crippen molar-refractivity contribution in [2.45, 2.75) is 44.3 Å². The highest BCUT2D eigenvalue weighted by molar-refractivity contribution is 6.31. The summed E-state index contributed by atoms with van der Waals surface area (Å²) in [5.41, 5.74) is 2.10. The maximum atomic E-state index is 6.72. The van der Waals surface area contributed by atoms with Gasteiger partial charge in [-0.3, -0.25) is 9.80 Å². The highest BCUT2D eigenvalue weighted by Gasteiger charge is 2.34. The molecule has 1 saturated heterocycles. The number of benzene rings is 2. The van der Waals surface area contributed by atoms with Crippen LogP contribution in [0.3, 0.4) is 0 Å². The summed E-state index contributed by atoms with van der Waals surface area (Å²) in [6, 6.07) is 14.7. The molecule has 2 aliphatic heterocycles. The molecule has 0 unspecified atom stereocenters. The minimum Gasteiger partial charge on any atom is -0.454 e. The number of piperazine rings is 1. The van der Waals surface area contributed by atoms with Crippen molar-refractivity contribution < 1.29 is 9.47 Å². The van der Waals surface area contributed by atoms with E-state index in [0.717, 1.165) is 65.7 Å². The molecule has 1 saturated carbocycles. The fraction of sp³-hybridized carbons (Fsp3) is 0.480. The SMILES string of the molecule is Clc1ccccc1[C@H](c1nnnn1Cc1ccc2c(c1)OCO2)N1CCN(C2CCCC2)CC1. The van der Waals surface area contributed by atoms with Crippen LogP contribution in [-0.2, 0) is 6.54 Å². The van der Waals surface area contributed by atoms with E-state index in [1.165, 1.54) is 25.7 Å². The molecule has 8 nitrogen and oxygen atoms in total. The van der Waals surface area contributed by atoms with Gasteiger partial charge in [-0.05, 0) is 52.6 Å². The first-order chi connectivity index (χ1) is 16.8. The van der Waals surface area contributed by atoms with Gasteiger partial charge >= 0.3 is 0 Å². The molecule has 1 atom stereocenters. The van der Waals surface area contributed by atoms with E-state index < -0.39 is 0 Å². The number of fused-ring (bicyclic) bond motifs is 1. The normalized spacial score (nSPS) is 20.1. The van der Waals surface area contributed by atoms with Crippen molar-refractivity contribution in [1.82, 2.24) is 30.0 Å². The lowest BCUT2D eigenvalue weighted by Crippen LogP contribution is -2.51. The first kappa shape index (κ1) is 21.8. The Morgan fingerprint density at radius 3 is 2.59 bits per heavy atom. The number of aromatic nitrogens is 4. The van der Waals surface area contributed by atoms with Crippen LogP contribution in [0.1, 0.15) is 48.7 Å². The van der Waals surface area contributed by atoms with Gasteiger partial charge in [-0.15, -0.1) is 5.10 Å². The van der Waals surface area contributed by atoms with Crippen LogP contribution >= 0.6 is 11.6 Å². The van der Waals surface area contributed by atoms with Gasteiger partial charge < -0.3 is 9.47 Å². The summed E-state index contributed by atoms with van der Waals surface area (Å²) in [6.45, 7) is 4.86. The molecule has 0 N–H and O–H groups in total. The van der Waals surface area contributed by atoms with Crippen LogP contribution < -0.4 is 9.47 Å². The molecule has 1 aliphatic carbocycles. The zero-order valence-corrected chi connectivity index (χ0v) is 19.9. The lowest BCUT2D eigenvalue weighted by Gasteiger charge is -2.41. The van der Waals surface area contributed by atoms with Crippen LogP contribution in [0.2, 0.25) is 5.02 Å². The zero-order valence-electron chi connectivity index (χ0n) is 19.1. The molecule has 34 heavy (non-hydrogen) atoms. The number of hydrogen-bond acceptors (Lipinski definition) is 7. The molecular formula is C25H29ClN6O2. The van der Waals surface area contributed by atoms with E-state index in [-0.39, 0.29) is 12.8 Å². The Hall–Kier alpha value is -2.68. The second kappa shape index (κ2) is 9.52. The Balaban J connectivity index is 1.28. The van der Waals surface area contributed by atoms with Crippen molar-refractivity contribution in [1.29, 1.82) is 0 Å². The highest BCUT2D eigenvalue weighted by atomic mass is 35.5. The predicted octanol–water partition coefficient (Wildman–Crippen LogP) is 3.75. The van der Waals surface area contributed by atoms with Gasteiger partial charge in [-0.2, -0.15) is 0 Å².